The molecule has 9 nitrogen and oxygen atoms in total. The van der Waals surface area contributed by atoms with Gasteiger partial charge in [-0.05, 0) is 37.3 Å². The average Bonchev–Trinajstić information content (AvgIpc) is 3.26. The topological polar surface area (TPSA) is 94.4 Å². The van der Waals surface area contributed by atoms with Crippen molar-refractivity contribution in [2.75, 3.05) is 43.6 Å². The first-order valence-corrected chi connectivity index (χ1v) is 11.1. The number of nitrogens with one attached hydrogen (secondary N) is 1. The molecule has 1 N–H and O–H groups in total. The number of nitrogens with zero attached hydrogens (tertiary/aromatic N) is 5. The number of hydrogen-bond donors (Lipinski definition) is 1. The standard InChI is InChI=1S/C25H26N6O3/c1-16-21(19-5-4-6-20-22(19)26-15-30(20)2)29-23(25(32)33-3)24(27-16)28-17-7-9-18(10-8-17)31-11-13-34-14-12-31/h4-10,15H,11-14H2,1-3H3,(H,27,28). The van der Waals surface area contributed by atoms with E-state index in [0.29, 0.717) is 17.2 Å². The Morgan fingerprint density at radius 1 is 1.09 bits per heavy atom. The van der Waals surface area contributed by atoms with Crippen LogP contribution in [0.1, 0.15) is 16.2 Å². The van der Waals surface area contributed by atoms with Gasteiger partial charge in [0.05, 0.1) is 49.1 Å². The Labute approximate surface area is 197 Å². The van der Waals surface area contributed by atoms with E-state index in [1.165, 1.54) is 7.11 Å². The SMILES string of the molecule is COC(=O)c1nc(-c2cccc3c2ncn3C)c(C)nc1Nc1ccc(N2CCOCC2)cc1. The van der Waals surface area contributed by atoms with E-state index in [1.54, 1.807) is 6.33 Å². The normalized spacial score (nSPS) is 13.8. The Bertz CT molecular complexity index is 1340. The summed E-state index contributed by atoms with van der Waals surface area (Å²) in [7, 11) is 3.28. The molecule has 4 aromatic rings. The largest absolute Gasteiger partial charge is 0.464 e. The number of carbonyl (C=O) groups is 1. The van der Waals surface area contributed by atoms with E-state index in [4.69, 9.17) is 14.5 Å². The number of methoxy groups -OCH3 is 1. The molecule has 0 spiro atoms. The van der Waals surface area contributed by atoms with Crippen molar-refractivity contribution in [3.63, 3.8) is 0 Å². The number of benzene rings is 2. The van der Waals surface area contributed by atoms with Crippen LogP contribution in [-0.4, -0.2) is 58.9 Å². The lowest BCUT2D eigenvalue weighted by atomic mass is 10.1. The molecule has 2 aromatic carbocycles. The Kier molecular flexibility index (Phi) is 5.85. The summed E-state index contributed by atoms with van der Waals surface area (Å²) in [5.74, 6) is -0.213. The van der Waals surface area contributed by atoms with E-state index in [0.717, 1.165) is 54.3 Å². The number of ether oxygens (including phenoxy) is 2. The van der Waals surface area contributed by atoms with Crippen LogP contribution in [0.5, 0.6) is 0 Å². The molecule has 1 fully saturated rings. The third-order valence-corrected chi connectivity index (χ3v) is 5.97. The minimum atomic E-state index is -0.561. The van der Waals surface area contributed by atoms with Gasteiger partial charge in [0.2, 0.25) is 0 Å². The van der Waals surface area contributed by atoms with Gasteiger partial charge in [-0.25, -0.2) is 19.7 Å². The maximum atomic E-state index is 12.6. The van der Waals surface area contributed by atoms with Gasteiger partial charge in [0.1, 0.15) is 0 Å². The van der Waals surface area contributed by atoms with E-state index in [9.17, 15) is 4.79 Å². The van der Waals surface area contributed by atoms with Crippen molar-refractivity contribution >= 4 is 34.2 Å². The quantitative estimate of drug-likeness (QED) is 0.453. The number of para-hydroxylation sites is 1. The molecule has 1 aliphatic rings. The van der Waals surface area contributed by atoms with E-state index >= 15 is 0 Å². The molecule has 1 aliphatic heterocycles. The van der Waals surface area contributed by atoms with Crippen molar-refractivity contribution in [1.82, 2.24) is 19.5 Å². The second-order valence-corrected chi connectivity index (χ2v) is 8.15. The average molecular weight is 459 g/mol. The molecule has 2 aromatic heterocycles. The number of esters is 1. The van der Waals surface area contributed by atoms with Crippen LogP contribution in [0.15, 0.2) is 48.8 Å². The number of aryl methyl sites for hydroxylation is 2. The molecule has 0 atom stereocenters. The fourth-order valence-corrected chi connectivity index (χ4v) is 4.16. The zero-order chi connectivity index (χ0) is 23.7. The van der Waals surface area contributed by atoms with Gasteiger partial charge in [-0.2, -0.15) is 0 Å². The Hall–Kier alpha value is -3.98. The molecule has 5 rings (SSSR count). The third kappa shape index (κ3) is 4.06. The summed E-state index contributed by atoms with van der Waals surface area (Å²) in [6.07, 6.45) is 1.76. The van der Waals surface area contributed by atoms with Gasteiger partial charge in [0.25, 0.3) is 0 Å². The van der Waals surface area contributed by atoms with Crippen molar-refractivity contribution in [1.29, 1.82) is 0 Å². The van der Waals surface area contributed by atoms with Gasteiger partial charge in [0, 0.05) is 37.1 Å². The lowest BCUT2D eigenvalue weighted by Gasteiger charge is -2.29. The summed E-state index contributed by atoms with van der Waals surface area (Å²) < 4.78 is 12.4. The highest BCUT2D eigenvalue weighted by molar-refractivity contribution is 5.96. The van der Waals surface area contributed by atoms with Gasteiger partial charge >= 0.3 is 5.97 Å². The zero-order valence-corrected chi connectivity index (χ0v) is 19.4. The predicted molar refractivity (Wildman–Crippen MR) is 131 cm³/mol. The summed E-state index contributed by atoms with van der Waals surface area (Å²) in [6.45, 7) is 5.08. The summed E-state index contributed by atoms with van der Waals surface area (Å²) >= 11 is 0. The summed E-state index contributed by atoms with van der Waals surface area (Å²) in [4.78, 5) is 28.8. The number of carbonyl (C=O) groups excluding carboxylic acids is 1. The van der Waals surface area contributed by atoms with Crippen LogP contribution >= 0.6 is 0 Å². The monoisotopic (exact) mass is 458 g/mol. The minimum Gasteiger partial charge on any atom is -0.464 e. The molecule has 1 saturated heterocycles. The van der Waals surface area contributed by atoms with Crippen molar-refractivity contribution in [3.8, 4) is 11.3 Å². The van der Waals surface area contributed by atoms with Crippen LogP contribution in [0.25, 0.3) is 22.3 Å². The number of aromatic nitrogens is 4. The minimum absolute atomic E-state index is 0.119. The van der Waals surface area contributed by atoms with Crippen molar-refractivity contribution in [3.05, 3.63) is 60.2 Å². The molecule has 0 radical (unpaired) electrons. The zero-order valence-electron chi connectivity index (χ0n) is 19.4. The van der Waals surface area contributed by atoms with Crippen LogP contribution < -0.4 is 10.2 Å². The maximum Gasteiger partial charge on any atom is 0.360 e. The van der Waals surface area contributed by atoms with Crippen LogP contribution in [0.4, 0.5) is 17.2 Å². The van der Waals surface area contributed by atoms with Gasteiger partial charge in [0.15, 0.2) is 11.5 Å². The maximum absolute atomic E-state index is 12.6. The van der Waals surface area contributed by atoms with Gasteiger partial charge < -0.3 is 24.3 Å². The van der Waals surface area contributed by atoms with Gasteiger partial charge in [-0.1, -0.05) is 12.1 Å². The fraction of sp³-hybridized carbons (Fsp3) is 0.280. The fourth-order valence-electron chi connectivity index (χ4n) is 4.16. The lowest BCUT2D eigenvalue weighted by Crippen LogP contribution is -2.36. The van der Waals surface area contributed by atoms with Crippen LogP contribution in [0, 0.1) is 6.92 Å². The van der Waals surface area contributed by atoms with E-state index < -0.39 is 5.97 Å². The Morgan fingerprint density at radius 3 is 2.59 bits per heavy atom. The second-order valence-electron chi connectivity index (χ2n) is 8.15. The predicted octanol–water partition coefficient (Wildman–Crippen LogP) is 3.71. The smallest absolute Gasteiger partial charge is 0.360 e. The first kappa shape index (κ1) is 21.8. The Morgan fingerprint density at radius 2 is 1.85 bits per heavy atom. The molecule has 34 heavy (non-hydrogen) atoms. The number of hydrogen-bond acceptors (Lipinski definition) is 8. The Balaban J connectivity index is 1.50. The molecule has 0 aliphatic carbocycles. The highest BCUT2D eigenvalue weighted by Crippen LogP contribution is 2.31. The van der Waals surface area contributed by atoms with Crippen molar-refractivity contribution < 1.29 is 14.3 Å². The molecule has 9 heteroatoms. The molecule has 0 amide bonds. The molecule has 0 bridgehead atoms. The highest BCUT2D eigenvalue weighted by Gasteiger charge is 2.21. The van der Waals surface area contributed by atoms with E-state index in [-0.39, 0.29) is 5.69 Å². The van der Waals surface area contributed by atoms with Crippen molar-refractivity contribution in [2.24, 2.45) is 7.05 Å². The molecule has 0 unspecified atom stereocenters. The number of fused-ring (bicyclic) bond motifs is 1. The first-order valence-electron chi connectivity index (χ1n) is 11.1. The number of morpholine rings is 1. The molecular formula is C25H26N6O3. The molecule has 3 heterocycles. The van der Waals surface area contributed by atoms with Gasteiger partial charge in [-0.15, -0.1) is 0 Å². The number of rotatable bonds is 5. The third-order valence-electron chi connectivity index (χ3n) is 5.97. The highest BCUT2D eigenvalue weighted by atomic mass is 16.5. The molecular weight excluding hydrogens is 432 g/mol. The van der Waals surface area contributed by atoms with Crippen LogP contribution in [0.2, 0.25) is 0 Å². The summed E-state index contributed by atoms with van der Waals surface area (Å²) in [5.41, 5.74) is 5.91. The summed E-state index contributed by atoms with van der Waals surface area (Å²) in [5, 5.41) is 3.24. The molecule has 0 saturated carbocycles. The first-order chi connectivity index (χ1) is 16.5. The van der Waals surface area contributed by atoms with E-state index in [2.05, 4.69) is 20.2 Å². The van der Waals surface area contributed by atoms with E-state index in [1.807, 2.05) is 61.0 Å². The van der Waals surface area contributed by atoms with Crippen LogP contribution in [-0.2, 0) is 16.5 Å². The summed E-state index contributed by atoms with van der Waals surface area (Å²) in [6, 6.07) is 13.9. The molecule has 174 valence electrons. The van der Waals surface area contributed by atoms with Crippen molar-refractivity contribution in [2.45, 2.75) is 6.92 Å². The van der Waals surface area contributed by atoms with Crippen LogP contribution in [0.3, 0.4) is 0 Å². The number of anilines is 3. The second kappa shape index (κ2) is 9.11. The van der Waals surface area contributed by atoms with Gasteiger partial charge in [-0.3, -0.25) is 0 Å². The number of imidazole rings is 1. The lowest BCUT2D eigenvalue weighted by molar-refractivity contribution is 0.0595.